The highest BCUT2D eigenvalue weighted by Gasteiger charge is 2.33. The summed E-state index contributed by atoms with van der Waals surface area (Å²) in [5.74, 6) is -0.522. The molecular weight excluding hydrogens is 348 g/mol. The Bertz CT molecular complexity index is 692. The number of carboxylic acids is 1. The van der Waals surface area contributed by atoms with E-state index >= 15 is 0 Å². The average molecular weight is 378 g/mol. The summed E-state index contributed by atoms with van der Waals surface area (Å²) < 4.78 is 6.98. The van der Waals surface area contributed by atoms with Crippen molar-refractivity contribution in [2.75, 3.05) is 32.8 Å². The number of hydrogen-bond acceptors (Lipinski definition) is 5. The predicted molar refractivity (Wildman–Crippen MR) is 100 cm³/mol. The van der Waals surface area contributed by atoms with Crippen LogP contribution in [-0.2, 0) is 24.1 Å². The largest absolute Gasteiger partial charge is 0.476 e. The lowest BCUT2D eigenvalue weighted by Crippen LogP contribution is -2.53. The number of fused-ring (bicyclic) bond motifs is 1. The van der Waals surface area contributed by atoms with Crippen LogP contribution in [0.1, 0.15) is 48.9 Å². The van der Waals surface area contributed by atoms with Crippen LogP contribution in [-0.4, -0.2) is 75.6 Å². The van der Waals surface area contributed by atoms with Crippen molar-refractivity contribution in [1.82, 2.24) is 19.6 Å². The highest BCUT2D eigenvalue weighted by molar-refractivity contribution is 5.87. The van der Waals surface area contributed by atoms with Crippen LogP contribution in [0, 0.1) is 5.92 Å². The fourth-order valence-corrected chi connectivity index (χ4v) is 4.13. The molecule has 0 spiro atoms. The van der Waals surface area contributed by atoms with Crippen LogP contribution in [0.2, 0.25) is 0 Å². The second-order valence-electron chi connectivity index (χ2n) is 7.77. The Morgan fingerprint density at radius 3 is 2.56 bits per heavy atom. The number of carbonyl (C=O) groups is 2. The van der Waals surface area contributed by atoms with E-state index in [0.717, 1.165) is 43.7 Å². The van der Waals surface area contributed by atoms with Crippen molar-refractivity contribution in [3.8, 4) is 0 Å². The number of aromatic nitrogens is 2. The van der Waals surface area contributed by atoms with Crippen LogP contribution in [0.5, 0.6) is 0 Å². The molecule has 0 aromatic carbocycles. The molecule has 1 aromatic rings. The van der Waals surface area contributed by atoms with Gasteiger partial charge in [-0.25, -0.2) is 9.59 Å². The van der Waals surface area contributed by atoms with Crippen molar-refractivity contribution in [2.24, 2.45) is 5.92 Å². The number of ether oxygens (including phenoxy) is 1. The molecule has 1 aliphatic carbocycles. The first-order chi connectivity index (χ1) is 12.9. The molecule has 1 aliphatic heterocycles. The zero-order valence-electron chi connectivity index (χ0n) is 16.5. The van der Waals surface area contributed by atoms with E-state index in [1.807, 2.05) is 11.6 Å². The fraction of sp³-hybridized carbons (Fsp3) is 0.737. The Hall–Kier alpha value is -2.09. The smallest absolute Gasteiger partial charge is 0.409 e. The first kappa shape index (κ1) is 19.7. The number of rotatable bonds is 5. The summed E-state index contributed by atoms with van der Waals surface area (Å²) >= 11 is 0. The molecule has 1 aromatic heterocycles. The minimum atomic E-state index is -0.943. The van der Waals surface area contributed by atoms with Gasteiger partial charge in [-0.15, -0.1) is 0 Å². The standard InChI is InChI=1S/C19H30N4O4/c1-4-27-19(26)22-9-7-21(8-10-22)14-5-6-16-15(11-14)17(18(24)25)20-23(16)12-13(2)3/h13-14H,4-12H2,1-3H3,(H,24,25). The van der Waals surface area contributed by atoms with Gasteiger partial charge < -0.3 is 14.7 Å². The van der Waals surface area contributed by atoms with Gasteiger partial charge in [0.1, 0.15) is 0 Å². The van der Waals surface area contributed by atoms with Crippen LogP contribution < -0.4 is 0 Å². The van der Waals surface area contributed by atoms with E-state index in [9.17, 15) is 14.7 Å². The topological polar surface area (TPSA) is 87.9 Å². The number of amides is 1. The molecule has 150 valence electrons. The lowest BCUT2D eigenvalue weighted by molar-refractivity contribution is 0.0621. The van der Waals surface area contributed by atoms with E-state index in [-0.39, 0.29) is 11.8 Å². The van der Waals surface area contributed by atoms with Crippen molar-refractivity contribution in [1.29, 1.82) is 0 Å². The summed E-state index contributed by atoms with van der Waals surface area (Å²) in [6.07, 6.45) is 2.32. The molecule has 2 aliphatic rings. The molecule has 1 unspecified atom stereocenters. The lowest BCUT2D eigenvalue weighted by Gasteiger charge is -2.40. The van der Waals surface area contributed by atoms with Crippen LogP contribution in [0.25, 0.3) is 0 Å². The highest BCUT2D eigenvalue weighted by Crippen LogP contribution is 2.28. The Labute approximate surface area is 160 Å². The number of carbonyl (C=O) groups excluding carboxylic acids is 1. The van der Waals surface area contributed by atoms with E-state index < -0.39 is 5.97 Å². The van der Waals surface area contributed by atoms with Crippen LogP contribution >= 0.6 is 0 Å². The Kier molecular flexibility index (Phi) is 6.04. The monoisotopic (exact) mass is 378 g/mol. The molecule has 1 amide bonds. The van der Waals surface area contributed by atoms with E-state index in [0.29, 0.717) is 38.1 Å². The molecule has 1 fully saturated rings. The summed E-state index contributed by atoms with van der Waals surface area (Å²) in [7, 11) is 0. The van der Waals surface area contributed by atoms with Gasteiger partial charge in [-0.2, -0.15) is 5.10 Å². The second-order valence-corrected chi connectivity index (χ2v) is 7.77. The van der Waals surface area contributed by atoms with Crippen LogP contribution in [0.15, 0.2) is 0 Å². The Morgan fingerprint density at radius 2 is 1.96 bits per heavy atom. The first-order valence-electron chi connectivity index (χ1n) is 9.88. The summed E-state index contributed by atoms with van der Waals surface area (Å²) in [6.45, 7) is 10.1. The molecule has 1 N–H and O–H groups in total. The van der Waals surface area contributed by atoms with Crippen molar-refractivity contribution in [3.05, 3.63) is 17.0 Å². The van der Waals surface area contributed by atoms with Gasteiger partial charge in [-0.1, -0.05) is 13.8 Å². The number of nitrogens with zero attached hydrogens (tertiary/aromatic N) is 4. The third-order valence-electron chi connectivity index (χ3n) is 5.42. The third-order valence-corrected chi connectivity index (χ3v) is 5.42. The number of hydrogen-bond donors (Lipinski definition) is 1. The Balaban J connectivity index is 1.69. The highest BCUT2D eigenvalue weighted by atomic mass is 16.6. The van der Waals surface area contributed by atoms with Gasteiger partial charge in [0.25, 0.3) is 0 Å². The number of piperazine rings is 1. The van der Waals surface area contributed by atoms with Crippen LogP contribution in [0.3, 0.4) is 0 Å². The van der Waals surface area contributed by atoms with Gasteiger partial charge >= 0.3 is 12.1 Å². The number of carboxylic acid groups (broad SMARTS) is 1. The van der Waals surface area contributed by atoms with Crippen molar-refractivity contribution >= 4 is 12.1 Å². The first-order valence-corrected chi connectivity index (χ1v) is 9.88. The molecular formula is C19H30N4O4. The molecule has 27 heavy (non-hydrogen) atoms. The fourth-order valence-electron chi connectivity index (χ4n) is 4.13. The van der Waals surface area contributed by atoms with Gasteiger partial charge in [-0.3, -0.25) is 9.58 Å². The van der Waals surface area contributed by atoms with Crippen molar-refractivity contribution in [2.45, 2.75) is 52.6 Å². The molecule has 3 rings (SSSR count). The van der Waals surface area contributed by atoms with E-state index in [4.69, 9.17) is 4.74 Å². The molecule has 1 atom stereocenters. The maximum atomic E-state index is 11.9. The lowest BCUT2D eigenvalue weighted by atomic mass is 9.90. The number of aromatic carboxylic acids is 1. The second kappa shape index (κ2) is 8.29. The summed E-state index contributed by atoms with van der Waals surface area (Å²) in [5, 5.41) is 14.0. The molecule has 1 saturated heterocycles. The van der Waals surface area contributed by atoms with Gasteiger partial charge in [-0.05, 0) is 32.1 Å². The molecule has 8 nitrogen and oxygen atoms in total. The molecule has 2 heterocycles. The normalized spacial score (nSPS) is 20.6. The quantitative estimate of drug-likeness (QED) is 0.842. The predicted octanol–water partition coefficient (Wildman–Crippen LogP) is 1.87. The van der Waals surface area contributed by atoms with Gasteiger partial charge in [0.15, 0.2) is 5.69 Å². The summed E-state index contributed by atoms with van der Waals surface area (Å²) in [5.41, 5.74) is 2.19. The van der Waals surface area contributed by atoms with E-state index in [2.05, 4.69) is 23.8 Å². The zero-order valence-corrected chi connectivity index (χ0v) is 16.5. The van der Waals surface area contributed by atoms with Gasteiger partial charge in [0.2, 0.25) is 0 Å². The Morgan fingerprint density at radius 1 is 1.26 bits per heavy atom. The maximum Gasteiger partial charge on any atom is 0.409 e. The molecule has 8 heteroatoms. The summed E-state index contributed by atoms with van der Waals surface area (Å²) in [6, 6.07) is 0.302. The minimum absolute atomic E-state index is 0.209. The van der Waals surface area contributed by atoms with Gasteiger partial charge in [0, 0.05) is 50.0 Å². The SMILES string of the molecule is CCOC(=O)N1CCN(C2CCc3c(c(C(=O)O)nn3CC(C)C)C2)CC1. The molecule has 0 radical (unpaired) electrons. The summed E-state index contributed by atoms with van der Waals surface area (Å²) in [4.78, 5) is 27.7. The molecule has 0 bridgehead atoms. The van der Waals surface area contributed by atoms with Crippen LogP contribution in [0.4, 0.5) is 4.79 Å². The van der Waals surface area contributed by atoms with E-state index in [1.165, 1.54) is 0 Å². The maximum absolute atomic E-state index is 11.9. The molecule has 0 saturated carbocycles. The minimum Gasteiger partial charge on any atom is -0.476 e. The average Bonchev–Trinajstić information content (AvgIpc) is 2.99. The van der Waals surface area contributed by atoms with Crippen molar-refractivity contribution in [3.63, 3.8) is 0 Å². The van der Waals surface area contributed by atoms with Crippen molar-refractivity contribution < 1.29 is 19.4 Å². The van der Waals surface area contributed by atoms with E-state index in [1.54, 1.807) is 4.90 Å². The third kappa shape index (κ3) is 4.26. The zero-order chi connectivity index (χ0) is 19.6. The van der Waals surface area contributed by atoms with Gasteiger partial charge in [0.05, 0.1) is 6.61 Å².